The highest BCUT2D eigenvalue weighted by atomic mass is 32.2. The Morgan fingerprint density at radius 1 is 1.10 bits per heavy atom. The van der Waals surface area contributed by atoms with Crippen LogP contribution in [0.1, 0.15) is 48.5 Å². The van der Waals surface area contributed by atoms with E-state index < -0.39 is 16.0 Å². The lowest BCUT2D eigenvalue weighted by atomic mass is 10.2. The number of methoxy groups -OCH3 is 1. The summed E-state index contributed by atoms with van der Waals surface area (Å²) < 4.78 is 44.6. The molecule has 1 N–H and O–H groups in total. The minimum atomic E-state index is -3.83. The molecule has 162 valence electrons. The number of esters is 1. The molecule has 0 aromatic heterocycles. The molecule has 0 bridgehead atoms. The fourth-order valence-electron chi connectivity index (χ4n) is 3.49. The van der Waals surface area contributed by atoms with E-state index in [4.69, 9.17) is 14.2 Å². The highest BCUT2D eigenvalue weighted by molar-refractivity contribution is 7.89. The molecule has 1 aliphatic carbocycles. The minimum absolute atomic E-state index is 0.0173. The maximum absolute atomic E-state index is 12.9. The van der Waals surface area contributed by atoms with Gasteiger partial charge in [0, 0.05) is 11.6 Å². The van der Waals surface area contributed by atoms with Gasteiger partial charge >= 0.3 is 5.97 Å². The molecule has 0 atom stereocenters. The highest BCUT2D eigenvalue weighted by Gasteiger charge is 2.27. The third kappa shape index (κ3) is 5.31. The largest absolute Gasteiger partial charge is 0.495 e. The van der Waals surface area contributed by atoms with Gasteiger partial charge in [0.05, 0.1) is 19.3 Å². The van der Waals surface area contributed by atoms with E-state index in [0.717, 1.165) is 31.2 Å². The lowest BCUT2D eigenvalue weighted by Gasteiger charge is -2.16. The van der Waals surface area contributed by atoms with Gasteiger partial charge in [-0.2, -0.15) is 0 Å². The number of rotatable bonds is 9. The molecule has 30 heavy (non-hydrogen) atoms. The van der Waals surface area contributed by atoms with Crippen molar-refractivity contribution in [2.45, 2.75) is 50.2 Å². The van der Waals surface area contributed by atoms with Crippen LogP contribution in [0, 0.1) is 0 Å². The van der Waals surface area contributed by atoms with E-state index >= 15 is 0 Å². The number of benzene rings is 2. The fourth-order valence-corrected chi connectivity index (χ4v) is 4.99. The summed E-state index contributed by atoms with van der Waals surface area (Å²) in [6.45, 7) is 2.39. The van der Waals surface area contributed by atoms with E-state index in [9.17, 15) is 13.2 Å². The van der Waals surface area contributed by atoms with Crippen LogP contribution >= 0.6 is 0 Å². The zero-order chi connectivity index (χ0) is 21.6. The molecule has 0 aliphatic heterocycles. The van der Waals surface area contributed by atoms with E-state index in [2.05, 4.69) is 4.72 Å². The van der Waals surface area contributed by atoms with E-state index in [1.54, 1.807) is 6.07 Å². The van der Waals surface area contributed by atoms with Gasteiger partial charge in [-0.25, -0.2) is 17.9 Å². The van der Waals surface area contributed by atoms with Crippen molar-refractivity contribution in [3.63, 3.8) is 0 Å². The molecular formula is C22H27NO6S. The van der Waals surface area contributed by atoms with Crippen molar-refractivity contribution in [2.24, 2.45) is 0 Å². The summed E-state index contributed by atoms with van der Waals surface area (Å²) in [6.07, 6.45) is 3.62. The summed E-state index contributed by atoms with van der Waals surface area (Å²) in [5, 5.41) is 0. The number of hydrogen-bond donors (Lipinski definition) is 1. The van der Waals surface area contributed by atoms with Gasteiger partial charge in [-0.3, -0.25) is 0 Å². The van der Waals surface area contributed by atoms with Crippen LogP contribution in [0.15, 0.2) is 47.4 Å². The Hall–Kier alpha value is -2.58. The molecule has 0 unspecified atom stereocenters. The number of carbonyl (C=O) groups is 1. The summed E-state index contributed by atoms with van der Waals surface area (Å²) in [4.78, 5) is 12.5. The fraction of sp³-hybridized carbons (Fsp3) is 0.409. The molecule has 0 saturated heterocycles. The molecule has 1 fully saturated rings. The van der Waals surface area contributed by atoms with Gasteiger partial charge in [-0.15, -0.1) is 0 Å². The Morgan fingerprint density at radius 3 is 2.53 bits per heavy atom. The summed E-state index contributed by atoms with van der Waals surface area (Å²) in [6, 6.07) is 11.5. The van der Waals surface area contributed by atoms with Crippen LogP contribution in [0.4, 0.5) is 0 Å². The molecule has 3 rings (SSSR count). The Labute approximate surface area is 177 Å². The second-order valence-electron chi connectivity index (χ2n) is 7.09. The Morgan fingerprint density at radius 2 is 1.83 bits per heavy atom. The summed E-state index contributed by atoms with van der Waals surface area (Å²) in [7, 11) is -2.43. The van der Waals surface area contributed by atoms with Gasteiger partial charge in [0.2, 0.25) is 10.0 Å². The zero-order valence-electron chi connectivity index (χ0n) is 17.2. The second kappa shape index (κ2) is 9.95. The molecule has 1 aliphatic rings. The molecule has 1 saturated carbocycles. The average Bonchev–Trinajstić information content (AvgIpc) is 3.25. The predicted octanol–water partition coefficient (Wildman–Crippen LogP) is 3.67. The van der Waals surface area contributed by atoms with Crippen LogP contribution < -0.4 is 14.2 Å². The summed E-state index contributed by atoms with van der Waals surface area (Å²) >= 11 is 0. The molecule has 0 amide bonds. The second-order valence-corrected chi connectivity index (χ2v) is 8.77. The monoisotopic (exact) mass is 433 g/mol. The summed E-state index contributed by atoms with van der Waals surface area (Å²) in [5.41, 5.74) is 0.869. The molecule has 0 radical (unpaired) electrons. The third-order valence-corrected chi connectivity index (χ3v) is 6.54. The van der Waals surface area contributed by atoms with Gasteiger partial charge < -0.3 is 14.2 Å². The topological polar surface area (TPSA) is 90.9 Å². The van der Waals surface area contributed by atoms with Crippen molar-refractivity contribution in [1.29, 1.82) is 0 Å². The minimum Gasteiger partial charge on any atom is -0.495 e. The standard InChI is InChI=1S/C22H27NO6S/c1-3-28-19-11-7-4-8-17(19)15-29-22(24)16-12-13-20(27-2)21(14-16)30(25,26)23-18-9-5-6-10-18/h4,7-8,11-14,18,23H,3,5-6,9-10,15H2,1-2H3. The van der Waals surface area contributed by atoms with Crippen molar-refractivity contribution < 1.29 is 27.4 Å². The maximum atomic E-state index is 12.9. The summed E-state index contributed by atoms with van der Waals surface area (Å²) in [5.74, 6) is 0.201. The van der Waals surface area contributed by atoms with Gasteiger partial charge in [0.15, 0.2) is 0 Å². The Bertz CT molecular complexity index is 983. The van der Waals surface area contributed by atoms with Crippen molar-refractivity contribution in [1.82, 2.24) is 4.72 Å². The van der Waals surface area contributed by atoms with Crippen molar-refractivity contribution >= 4 is 16.0 Å². The first-order valence-electron chi connectivity index (χ1n) is 10.0. The first-order valence-corrected chi connectivity index (χ1v) is 11.5. The highest BCUT2D eigenvalue weighted by Crippen LogP contribution is 2.28. The van der Waals surface area contributed by atoms with Crippen LogP contribution in [0.2, 0.25) is 0 Å². The molecular weight excluding hydrogens is 406 g/mol. The number of sulfonamides is 1. The smallest absolute Gasteiger partial charge is 0.338 e. The van der Waals surface area contributed by atoms with Crippen LogP contribution in [-0.2, 0) is 21.4 Å². The van der Waals surface area contributed by atoms with Crippen LogP contribution in [0.3, 0.4) is 0 Å². The van der Waals surface area contributed by atoms with Crippen LogP contribution in [-0.4, -0.2) is 34.1 Å². The molecule has 2 aromatic rings. The van der Waals surface area contributed by atoms with E-state index in [1.807, 2.05) is 25.1 Å². The first kappa shape index (κ1) is 22.1. The van der Waals surface area contributed by atoms with E-state index in [-0.39, 0.29) is 28.9 Å². The normalized spacial score (nSPS) is 14.5. The molecule has 0 heterocycles. The van der Waals surface area contributed by atoms with Gasteiger partial charge in [-0.1, -0.05) is 31.0 Å². The van der Waals surface area contributed by atoms with E-state index in [0.29, 0.717) is 12.4 Å². The van der Waals surface area contributed by atoms with Crippen LogP contribution in [0.5, 0.6) is 11.5 Å². The predicted molar refractivity (Wildman–Crippen MR) is 112 cm³/mol. The van der Waals surface area contributed by atoms with Gasteiger partial charge in [0.25, 0.3) is 0 Å². The number of nitrogens with one attached hydrogen (secondary N) is 1. The zero-order valence-corrected chi connectivity index (χ0v) is 18.0. The van der Waals surface area contributed by atoms with Crippen molar-refractivity contribution in [3.8, 4) is 11.5 Å². The van der Waals surface area contributed by atoms with Crippen molar-refractivity contribution in [3.05, 3.63) is 53.6 Å². The van der Waals surface area contributed by atoms with Gasteiger partial charge in [0.1, 0.15) is 23.0 Å². The van der Waals surface area contributed by atoms with Crippen LogP contribution in [0.25, 0.3) is 0 Å². The molecule has 8 heteroatoms. The molecule has 7 nitrogen and oxygen atoms in total. The lowest BCUT2D eigenvalue weighted by molar-refractivity contribution is 0.0469. The Balaban J connectivity index is 1.77. The first-order chi connectivity index (χ1) is 14.4. The number of carbonyl (C=O) groups excluding carboxylic acids is 1. The number of para-hydroxylation sites is 1. The average molecular weight is 434 g/mol. The lowest BCUT2D eigenvalue weighted by Crippen LogP contribution is -2.33. The number of ether oxygens (including phenoxy) is 3. The quantitative estimate of drug-likeness (QED) is 0.607. The number of hydrogen-bond acceptors (Lipinski definition) is 6. The van der Waals surface area contributed by atoms with Gasteiger partial charge in [-0.05, 0) is 44.0 Å². The SMILES string of the molecule is CCOc1ccccc1COC(=O)c1ccc(OC)c(S(=O)(=O)NC2CCCC2)c1. The maximum Gasteiger partial charge on any atom is 0.338 e. The molecule has 2 aromatic carbocycles. The molecule has 0 spiro atoms. The third-order valence-electron chi connectivity index (χ3n) is 5.00. The van der Waals surface area contributed by atoms with Crippen molar-refractivity contribution in [2.75, 3.05) is 13.7 Å². The Kier molecular flexibility index (Phi) is 7.33. The van der Waals surface area contributed by atoms with E-state index in [1.165, 1.54) is 25.3 Å².